The lowest BCUT2D eigenvalue weighted by Gasteiger charge is -2.11. The van der Waals surface area contributed by atoms with Gasteiger partial charge in [-0.2, -0.15) is 5.10 Å². The first-order valence-corrected chi connectivity index (χ1v) is 9.78. The van der Waals surface area contributed by atoms with Crippen LogP contribution in [-0.2, 0) is 6.42 Å². The Kier molecular flexibility index (Phi) is 5.00. The van der Waals surface area contributed by atoms with Crippen molar-refractivity contribution in [3.63, 3.8) is 0 Å². The Bertz CT molecular complexity index is 1080. The zero-order valence-electron chi connectivity index (χ0n) is 15.2. The van der Waals surface area contributed by atoms with Gasteiger partial charge >= 0.3 is 0 Å². The zero-order valence-corrected chi connectivity index (χ0v) is 16.7. The molecule has 3 aromatic rings. The van der Waals surface area contributed by atoms with Gasteiger partial charge in [0.15, 0.2) is 0 Å². The molecule has 0 amide bonds. The van der Waals surface area contributed by atoms with E-state index < -0.39 is 4.92 Å². The average molecular weight is 417 g/mol. The molecule has 8 heteroatoms. The average Bonchev–Trinajstić information content (AvgIpc) is 2.85. The molecule has 0 unspecified atom stereocenters. The number of fused-ring (bicyclic) bond motifs is 1. The minimum absolute atomic E-state index is 0.0366. The lowest BCUT2D eigenvalue weighted by Crippen LogP contribution is -2.08. The second-order valence-corrected chi connectivity index (χ2v) is 7.64. The van der Waals surface area contributed by atoms with E-state index in [0.717, 1.165) is 54.0 Å². The summed E-state index contributed by atoms with van der Waals surface area (Å²) in [7, 11) is 0. The summed E-state index contributed by atoms with van der Waals surface area (Å²) in [6, 6.07) is 10.3. The summed E-state index contributed by atoms with van der Waals surface area (Å²) in [5.74, 6) is 0.877. The summed E-state index contributed by atoms with van der Waals surface area (Å²) in [6.45, 7) is 2.75. The summed E-state index contributed by atoms with van der Waals surface area (Å²) >= 11 is 12.3. The molecule has 1 aliphatic rings. The Labute approximate surface area is 172 Å². The first kappa shape index (κ1) is 18.8. The third-order valence-corrected chi connectivity index (χ3v) is 5.69. The number of anilines is 1. The highest BCUT2D eigenvalue weighted by atomic mass is 35.5. The van der Waals surface area contributed by atoms with E-state index in [4.69, 9.17) is 28.3 Å². The second kappa shape index (κ2) is 7.45. The number of non-ortho nitro benzene ring substituents is 1. The Morgan fingerprint density at radius 3 is 2.71 bits per heavy atom. The quantitative estimate of drug-likeness (QED) is 0.431. The van der Waals surface area contributed by atoms with Gasteiger partial charge < -0.3 is 5.32 Å². The Balaban J connectivity index is 1.94. The van der Waals surface area contributed by atoms with Crippen LogP contribution in [0.5, 0.6) is 0 Å². The van der Waals surface area contributed by atoms with Gasteiger partial charge in [-0.15, -0.1) is 0 Å². The molecule has 6 nitrogen and oxygen atoms in total. The molecular weight excluding hydrogens is 399 g/mol. The maximum absolute atomic E-state index is 11.3. The van der Waals surface area contributed by atoms with Crippen molar-refractivity contribution in [1.82, 2.24) is 9.78 Å². The van der Waals surface area contributed by atoms with Crippen molar-refractivity contribution in [2.75, 3.05) is 11.9 Å². The van der Waals surface area contributed by atoms with Crippen molar-refractivity contribution >= 4 is 34.7 Å². The molecule has 0 bridgehead atoms. The van der Waals surface area contributed by atoms with Crippen LogP contribution in [0.1, 0.15) is 24.0 Å². The van der Waals surface area contributed by atoms with Crippen molar-refractivity contribution in [2.45, 2.75) is 26.2 Å². The highest BCUT2D eigenvalue weighted by molar-refractivity contribution is 6.42. The number of nitrogens with one attached hydrogen (secondary N) is 1. The van der Waals surface area contributed by atoms with E-state index in [1.54, 1.807) is 22.9 Å². The van der Waals surface area contributed by atoms with Crippen molar-refractivity contribution in [1.29, 1.82) is 0 Å². The Morgan fingerprint density at radius 2 is 1.96 bits per heavy atom. The first-order chi connectivity index (χ1) is 13.5. The topological polar surface area (TPSA) is 73.0 Å². The number of halogens is 2. The van der Waals surface area contributed by atoms with Gasteiger partial charge in [-0.1, -0.05) is 35.3 Å². The summed E-state index contributed by atoms with van der Waals surface area (Å²) in [4.78, 5) is 10.9. The number of benzene rings is 2. The second-order valence-electron chi connectivity index (χ2n) is 6.83. The van der Waals surface area contributed by atoms with Crippen LogP contribution in [0, 0.1) is 17.0 Å². The summed E-state index contributed by atoms with van der Waals surface area (Å²) < 4.78 is 1.78. The molecule has 2 aromatic carbocycles. The molecule has 144 valence electrons. The van der Waals surface area contributed by atoms with Crippen LogP contribution >= 0.6 is 23.2 Å². The summed E-state index contributed by atoms with van der Waals surface area (Å²) in [6.07, 6.45) is 2.95. The maximum atomic E-state index is 11.3. The predicted molar refractivity (Wildman–Crippen MR) is 112 cm³/mol. The molecule has 0 radical (unpaired) electrons. The Morgan fingerprint density at radius 1 is 1.14 bits per heavy atom. The third-order valence-electron chi connectivity index (χ3n) is 4.95. The zero-order chi connectivity index (χ0) is 19.8. The molecule has 28 heavy (non-hydrogen) atoms. The van der Waals surface area contributed by atoms with Gasteiger partial charge in [-0.05, 0) is 43.9 Å². The molecule has 0 aliphatic carbocycles. The lowest BCUT2D eigenvalue weighted by molar-refractivity contribution is -0.384. The number of hydrogen-bond acceptors (Lipinski definition) is 4. The van der Waals surface area contributed by atoms with Crippen molar-refractivity contribution < 1.29 is 4.92 Å². The molecule has 1 aliphatic heterocycles. The largest absolute Gasteiger partial charge is 0.370 e. The predicted octanol–water partition coefficient (Wildman–Crippen LogP) is 5.81. The van der Waals surface area contributed by atoms with E-state index in [0.29, 0.717) is 15.7 Å². The SMILES string of the molecule is Cc1ccc([N+](=O)[O-])cc1-n1nc(-c2ccc(Cl)c(Cl)c2)c2c1NCCCC2. The van der Waals surface area contributed by atoms with Gasteiger partial charge in [-0.25, -0.2) is 4.68 Å². The number of rotatable bonds is 3. The van der Waals surface area contributed by atoms with Gasteiger partial charge in [0.25, 0.3) is 5.69 Å². The highest BCUT2D eigenvalue weighted by Crippen LogP contribution is 2.37. The smallest absolute Gasteiger partial charge is 0.271 e. The number of hydrogen-bond donors (Lipinski definition) is 1. The monoisotopic (exact) mass is 416 g/mol. The standard InChI is InChI=1S/C20H18Cl2N4O2/c1-12-5-7-14(26(27)28)11-18(12)25-20-15(4-2-3-9-23-20)19(24-25)13-6-8-16(21)17(22)10-13/h5-8,10-11,23H,2-4,9H2,1H3. The van der Waals surface area contributed by atoms with Crippen LogP contribution in [0.4, 0.5) is 11.5 Å². The van der Waals surface area contributed by atoms with Crippen LogP contribution in [-0.4, -0.2) is 21.2 Å². The summed E-state index contributed by atoms with van der Waals surface area (Å²) in [5, 5.41) is 20.5. The van der Waals surface area contributed by atoms with Crippen LogP contribution in [0.3, 0.4) is 0 Å². The molecular formula is C20H18Cl2N4O2. The first-order valence-electron chi connectivity index (χ1n) is 9.02. The van der Waals surface area contributed by atoms with E-state index >= 15 is 0 Å². The highest BCUT2D eigenvalue weighted by Gasteiger charge is 2.23. The van der Waals surface area contributed by atoms with Gasteiger partial charge in [0.1, 0.15) is 5.82 Å². The minimum Gasteiger partial charge on any atom is -0.370 e. The van der Waals surface area contributed by atoms with Crippen LogP contribution < -0.4 is 5.32 Å². The molecule has 4 rings (SSSR count). The molecule has 0 saturated heterocycles. The normalized spacial score (nSPS) is 13.5. The summed E-state index contributed by atoms with van der Waals surface area (Å²) in [5.41, 5.74) is 4.40. The van der Waals surface area contributed by atoms with Crippen molar-refractivity contribution in [2.24, 2.45) is 0 Å². The molecule has 0 atom stereocenters. The van der Waals surface area contributed by atoms with E-state index in [2.05, 4.69) is 5.32 Å². The Hall–Kier alpha value is -2.57. The number of aromatic nitrogens is 2. The molecule has 1 N–H and O–H groups in total. The molecule has 0 spiro atoms. The van der Waals surface area contributed by atoms with E-state index in [1.165, 1.54) is 6.07 Å². The van der Waals surface area contributed by atoms with Crippen molar-refractivity contribution in [3.05, 3.63) is 67.7 Å². The van der Waals surface area contributed by atoms with Crippen LogP contribution in [0.2, 0.25) is 10.0 Å². The molecule has 1 aromatic heterocycles. The number of nitrogens with zero attached hydrogens (tertiary/aromatic N) is 3. The van der Waals surface area contributed by atoms with Gasteiger partial charge in [0.05, 0.1) is 26.3 Å². The minimum atomic E-state index is -0.390. The molecule has 0 saturated carbocycles. The third kappa shape index (κ3) is 3.34. The fourth-order valence-electron chi connectivity index (χ4n) is 3.49. The van der Waals surface area contributed by atoms with Crippen LogP contribution in [0.25, 0.3) is 16.9 Å². The number of nitro benzene ring substituents is 1. The van der Waals surface area contributed by atoms with E-state index in [1.807, 2.05) is 19.1 Å². The van der Waals surface area contributed by atoms with E-state index in [9.17, 15) is 10.1 Å². The van der Waals surface area contributed by atoms with Gasteiger partial charge in [0.2, 0.25) is 0 Å². The fraction of sp³-hybridized carbons (Fsp3) is 0.250. The molecule has 0 fully saturated rings. The fourth-order valence-corrected chi connectivity index (χ4v) is 3.79. The van der Waals surface area contributed by atoms with Crippen molar-refractivity contribution in [3.8, 4) is 16.9 Å². The van der Waals surface area contributed by atoms with Gasteiger partial charge in [0, 0.05) is 29.8 Å². The lowest BCUT2D eigenvalue weighted by atomic mass is 10.0. The number of nitro groups is 1. The van der Waals surface area contributed by atoms with E-state index in [-0.39, 0.29) is 5.69 Å². The van der Waals surface area contributed by atoms with Crippen LogP contribution in [0.15, 0.2) is 36.4 Å². The van der Waals surface area contributed by atoms with Gasteiger partial charge in [-0.3, -0.25) is 10.1 Å². The molecule has 2 heterocycles. The number of aryl methyl sites for hydroxylation is 1. The maximum Gasteiger partial charge on any atom is 0.271 e.